The highest BCUT2D eigenvalue weighted by Gasteiger charge is 2.29. The molecule has 1 fully saturated rings. The van der Waals surface area contributed by atoms with E-state index >= 15 is 0 Å². The lowest BCUT2D eigenvalue weighted by atomic mass is 10.2. The Labute approximate surface area is 152 Å². The van der Waals surface area contributed by atoms with Gasteiger partial charge in [0.15, 0.2) is 11.6 Å². The summed E-state index contributed by atoms with van der Waals surface area (Å²) in [6.45, 7) is 5.19. The number of morpholine rings is 1. The van der Waals surface area contributed by atoms with Crippen LogP contribution in [0.15, 0.2) is 18.2 Å². The molecule has 1 saturated heterocycles. The van der Waals surface area contributed by atoms with Crippen molar-refractivity contribution in [2.24, 2.45) is 0 Å². The van der Waals surface area contributed by atoms with Gasteiger partial charge in [-0.05, 0) is 19.1 Å². The highest BCUT2D eigenvalue weighted by Crippen LogP contribution is 2.23. The van der Waals surface area contributed by atoms with Crippen molar-refractivity contribution in [1.29, 1.82) is 0 Å². The maximum Gasteiger partial charge on any atom is 0.243 e. The normalized spacial score (nSPS) is 16.9. The number of anilines is 1. The van der Waals surface area contributed by atoms with Crippen LogP contribution >= 0.6 is 0 Å². The molecule has 0 radical (unpaired) electrons. The van der Waals surface area contributed by atoms with Gasteiger partial charge in [-0.15, -0.1) is 0 Å². The Kier molecular flexibility index (Phi) is 6.90. The van der Waals surface area contributed by atoms with E-state index in [1.165, 1.54) is 6.92 Å². The van der Waals surface area contributed by atoms with E-state index in [-0.39, 0.29) is 5.69 Å². The van der Waals surface area contributed by atoms with Crippen LogP contribution in [0.2, 0.25) is 0 Å². The first-order valence-electron chi connectivity index (χ1n) is 8.22. The quantitative estimate of drug-likeness (QED) is 0.735. The summed E-state index contributed by atoms with van der Waals surface area (Å²) in [5.74, 6) is -2.80. The number of hydrogen-bond donors (Lipinski definition) is 1. The molecule has 1 heterocycles. The summed E-state index contributed by atoms with van der Waals surface area (Å²) < 4.78 is 56.8. The third-order valence-electron chi connectivity index (χ3n) is 4.08. The molecule has 0 spiro atoms. The Hall–Kier alpha value is -1.78. The van der Waals surface area contributed by atoms with Gasteiger partial charge in [0.2, 0.25) is 15.9 Å². The maximum atomic E-state index is 13.5. The van der Waals surface area contributed by atoms with Crippen LogP contribution in [0, 0.1) is 11.6 Å². The van der Waals surface area contributed by atoms with E-state index in [0.717, 1.165) is 41.8 Å². The van der Waals surface area contributed by atoms with Crippen molar-refractivity contribution in [2.75, 3.05) is 50.0 Å². The number of hydrogen-bond acceptors (Lipinski definition) is 5. The number of carbonyl (C=O) groups is 1. The van der Waals surface area contributed by atoms with Crippen molar-refractivity contribution in [3.05, 3.63) is 29.8 Å². The van der Waals surface area contributed by atoms with Crippen LogP contribution in [0.4, 0.5) is 14.5 Å². The molecule has 0 unspecified atom stereocenters. The smallest absolute Gasteiger partial charge is 0.243 e. The van der Waals surface area contributed by atoms with Gasteiger partial charge >= 0.3 is 0 Å². The summed E-state index contributed by atoms with van der Waals surface area (Å²) in [7, 11) is -3.88. The van der Waals surface area contributed by atoms with Crippen molar-refractivity contribution < 1.29 is 26.7 Å². The number of amides is 1. The summed E-state index contributed by atoms with van der Waals surface area (Å²) in [5.41, 5.74) is -0.109. The lowest BCUT2D eigenvalue weighted by Crippen LogP contribution is -2.49. The van der Waals surface area contributed by atoms with Crippen LogP contribution in [0.1, 0.15) is 6.92 Å². The number of halogens is 2. The number of nitrogens with zero attached hydrogens (tertiary/aromatic N) is 2. The molecule has 1 aromatic rings. The van der Waals surface area contributed by atoms with Gasteiger partial charge in [0.1, 0.15) is 6.04 Å². The van der Waals surface area contributed by atoms with Gasteiger partial charge in [-0.2, -0.15) is 0 Å². The van der Waals surface area contributed by atoms with Crippen LogP contribution < -0.4 is 9.62 Å². The largest absolute Gasteiger partial charge is 0.379 e. The predicted molar refractivity (Wildman–Crippen MR) is 93.4 cm³/mol. The number of carbonyl (C=O) groups excluding carboxylic acids is 1. The Balaban J connectivity index is 2.04. The summed E-state index contributed by atoms with van der Waals surface area (Å²) >= 11 is 0. The van der Waals surface area contributed by atoms with Gasteiger partial charge in [-0.25, -0.2) is 17.2 Å². The Morgan fingerprint density at radius 1 is 1.31 bits per heavy atom. The van der Waals surface area contributed by atoms with Gasteiger partial charge in [0, 0.05) is 32.2 Å². The highest BCUT2D eigenvalue weighted by molar-refractivity contribution is 7.92. The van der Waals surface area contributed by atoms with Crippen LogP contribution in [-0.4, -0.2) is 70.9 Å². The zero-order chi connectivity index (χ0) is 19.3. The summed E-state index contributed by atoms with van der Waals surface area (Å²) in [6, 6.07) is 1.59. The van der Waals surface area contributed by atoms with Crippen LogP contribution in [0.3, 0.4) is 0 Å². The minimum atomic E-state index is -3.88. The fourth-order valence-corrected chi connectivity index (χ4v) is 3.91. The Morgan fingerprint density at radius 3 is 2.54 bits per heavy atom. The number of ether oxygens (including phenoxy) is 1. The topological polar surface area (TPSA) is 79.0 Å². The molecule has 146 valence electrons. The average molecular weight is 391 g/mol. The molecule has 1 aromatic carbocycles. The van der Waals surface area contributed by atoms with E-state index in [0.29, 0.717) is 26.3 Å². The van der Waals surface area contributed by atoms with Gasteiger partial charge in [-0.3, -0.25) is 14.0 Å². The third-order valence-corrected chi connectivity index (χ3v) is 5.32. The van der Waals surface area contributed by atoms with Crippen LogP contribution in [0.25, 0.3) is 0 Å². The van der Waals surface area contributed by atoms with Crippen molar-refractivity contribution in [1.82, 2.24) is 10.2 Å². The fraction of sp³-hybridized carbons (Fsp3) is 0.562. The molecule has 10 heteroatoms. The number of nitrogens with one attached hydrogen (secondary N) is 1. The molecule has 1 aliphatic rings. The summed E-state index contributed by atoms with van der Waals surface area (Å²) in [6.07, 6.45) is 0.909. The molecular weight excluding hydrogens is 368 g/mol. The molecule has 2 rings (SSSR count). The second-order valence-electron chi connectivity index (χ2n) is 6.08. The highest BCUT2D eigenvalue weighted by atomic mass is 32.2. The predicted octanol–water partition coefficient (Wildman–Crippen LogP) is 0.568. The molecule has 1 atom stereocenters. The van der Waals surface area contributed by atoms with E-state index in [4.69, 9.17) is 4.74 Å². The van der Waals surface area contributed by atoms with Crippen molar-refractivity contribution in [3.63, 3.8) is 0 Å². The molecule has 0 aromatic heterocycles. The number of sulfonamides is 1. The minimum absolute atomic E-state index is 0.109. The second-order valence-corrected chi connectivity index (χ2v) is 7.94. The molecule has 26 heavy (non-hydrogen) atoms. The van der Waals surface area contributed by atoms with Crippen molar-refractivity contribution in [3.8, 4) is 0 Å². The molecule has 1 amide bonds. The fourth-order valence-electron chi connectivity index (χ4n) is 2.74. The number of rotatable bonds is 7. The zero-order valence-electron chi connectivity index (χ0n) is 14.7. The summed E-state index contributed by atoms with van der Waals surface area (Å²) in [4.78, 5) is 14.5. The standard InChI is InChI=1S/C16H23F2N3O4S/c1-12(16(22)19-5-6-20-7-9-25-10-8-20)21(26(2,23)24)13-3-4-14(17)15(18)11-13/h3-4,11-12H,5-10H2,1-2H3,(H,19,22)/t12-/m0/s1. The lowest BCUT2D eigenvalue weighted by Gasteiger charge is -2.29. The Bertz CT molecular complexity index is 739. The minimum Gasteiger partial charge on any atom is -0.379 e. The van der Waals surface area contributed by atoms with E-state index in [1.54, 1.807) is 0 Å². The van der Waals surface area contributed by atoms with E-state index in [2.05, 4.69) is 10.2 Å². The first kappa shape index (κ1) is 20.5. The van der Waals surface area contributed by atoms with Gasteiger partial charge in [0.25, 0.3) is 0 Å². The number of benzene rings is 1. The van der Waals surface area contributed by atoms with Crippen LogP contribution in [0.5, 0.6) is 0 Å². The van der Waals surface area contributed by atoms with Crippen molar-refractivity contribution >= 4 is 21.6 Å². The van der Waals surface area contributed by atoms with Gasteiger partial charge in [-0.1, -0.05) is 0 Å². The maximum absolute atomic E-state index is 13.5. The SMILES string of the molecule is C[C@@H](C(=O)NCCN1CCOCC1)N(c1ccc(F)c(F)c1)S(C)(=O)=O. The van der Waals surface area contributed by atoms with E-state index in [9.17, 15) is 22.0 Å². The Morgan fingerprint density at radius 2 is 1.96 bits per heavy atom. The molecule has 1 N–H and O–H groups in total. The molecule has 0 saturated carbocycles. The molecular formula is C16H23F2N3O4S. The summed E-state index contributed by atoms with van der Waals surface area (Å²) in [5, 5.41) is 2.68. The van der Waals surface area contributed by atoms with E-state index in [1.807, 2.05) is 0 Å². The molecule has 7 nitrogen and oxygen atoms in total. The zero-order valence-corrected chi connectivity index (χ0v) is 15.6. The third kappa shape index (κ3) is 5.36. The molecule has 1 aliphatic heterocycles. The monoisotopic (exact) mass is 391 g/mol. The van der Waals surface area contributed by atoms with Crippen LogP contribution in [-0.2, 0) is 19.6 Å². The first-order chi connectivity index (χ1) is 12.2. The van der Waals surface area contributed by atoms with Crippen molar-refractivity contribution in [2.45, 2.75) is 13.0 Å². The van der Waals surface area contributed by atoms with Gasteiger partial charge in [0.05, 0.1) is 25.2 Å². The lowest BCUT2D eigenvalue weighted by molar-refractivity contribution is -0.121. The van der Waals surface area contributed by atoms with E-state index < -0.39 is 33.6 Å². The second kappa shape index (κ2) is 8.74. The molecule has 0 bridgehead atoms. The molecule has 0 aliphatic carbocycles. The average Bonchev–Trinajstić information content (AvgIpc) is 2.58. The first-order valence-corrected chi connectivity index (χ1v) is 10.1. The van der Waals surface area contributed by atoms with Gasteiger partial charge < -0.3 is 10.1 Å².